The summed E-state index contributed by atoms with van der Waals surface area (Å²) in [6.07, 6.45) is 6.14. The molecule has 0 radical (unpaired) electrons. The molecule has 1 N–H and O–H groups in total. The van der Waals surface area contributed by atoms with E-state index < -0.39 is 0 Å². The predicted octanol–water partition coefficient (Wildman–Crippen LogP) is 1.89. The van der Waals surface area contributed by atoms with Crippen LogP contribution in [0.5, 0.6) is 0 Å². The third-order valence-electron chi connectivity index (χ3n) is 2.40. The van der Waals surface area contributed by atoms with E-state index in [-0.39, 0.29) is 6.04 Å². The van der Waals surface area contributed by atoms with Gasteiger partial charge in [-0.15, -0.1) is 0 Å². The first-order valence-corrected chi connectivity index (χ1v) is 6.07. The van der Waals surface area contributed by atoms with E-state index in [0.717, 1.165) is 32.6 Å². The summed E-state index contributed by atoms with van der Waals surface area (Å²) in [6.45, 7) is 6.85. The quantitative estimate of drug-likeness (QED) is 0.687. The van der Waals surface area contributed by atoms with Crippen LogP contribution in [-0.2, 0) is 11.8 Å². The summed E-state index contributed by atoms with van der Waals surface area (Å²) in [4.78, 5) is 0. The highest BCUT2D eigenvalue weighted by Crippen LogP contribution is 2.12. The molecule has 0 saturated heterocycles. The molecule has 0 spiro atoms. The first-order chi connectivity index (χ1) is 7.77. The molecule has 1 unspecified atom stereocenters. The molecule has 0 aliphatic heterocycles. The standard InChI is InChI=1S/C12H23N3O/c1-4-6-13-12(10-16-7-5-2)11-8-14-15(3)9-11/h8-9,12-13H,4-7,10H2,1-3H3. The average molecular weight is 225 g/mol. The predicted molar refractivity (Wildman–Crippen MR) is 65.4 cm³/mol. The zero-order valence-corrected chi connectivity index (χ0v) is 10.6. The van der Waals surface area contributed by atoms with Gasteiger partial charge in [0.15, 0.2) is 0 Å². The van der Waals surface area contributed by atoms with E-state index in [1.54, 1.807) is 0 Å². The van der Waals surface area contributed by atoms with Crippen molar-refractivity contribution in [1.82, 2.24) is 15.1 Å². The third-order valence-corrected chi connectivity index (χ3v) is 2.40. The van der Waals surface area contributed by atoms with Crippen LogP contribution in [0.2, 0.25) is 0 Å². The molecule has 1 aromatic rings. The van der Waals surface area contributed by atoms with Gasteiger partial charge in [-0.3, -0.25) is 4.68 Å². The molecule has 1 aromatic heterocycles. The Morgan fingerprint density at radius 1 is 1.44 bits per heavy atom. The lowest BCUT2D eigenvalue weighted by molar-refractivity contribution is 0.112. The number of hydrogen-bond donors (Lipinski definition) is 1. The number of hydrogen-bond acceptors (Lipinski definition) is 3. The molecule has 1 atom stereocenters. The van der Waals surface area contributed by atoms with Gasteiger partial charge in [-0.25, -0.2) is 0 Å². The lowest BCUT2D eigenvalue weighted by atomic mass is 10.1. The van der Waals surface area contributed by atoms with Gasteiger partial charge in [-0.05, 0) is 19.4 Å². The van der Waals surface area contributed by atoms with Gasteiger partial charge in [-0.1, -0.05) is 13.8 Å². The summed E-state index contributed by atoms with van der Waals surface area (Å²) in [6, 6.07) is 0.264. The van der Waals surface area contributed by atoms with Crippen LogP contribution in [0.1, 0.15) is 38.3 Å². The largest absolute Gasteiger partial charge is 0.379 e. The molecule has 0 aromatic carbocycles. The smallest absolute Gasteiger partial charge is 0.0662 e. The second kappa shape index (κ2) is 7.41. The fourth-order valence-electron chi connectivity index (χ4n) is 1.56. The van der Waals surface area contributed by atoms with Crippen molar-refractivity contribution < 1.29 is 4.74 Å². The molecular weight excluding hydrogens is 202 g/mol. The Labute approximate surface area is 98.0 Å². The molecule has 92 valence electrons. The van der Waals surface area contributed by atoms with E-state index in [0.29, 0.717) is 0 Å². The molecule has 1 rings (SSSR count). The number of aromatic nitrogens is 2. The number of rotatable bonds is 8. The number of ether oxygens (including phenoxy) is 1. The van der Waals surface area contributed by atoms with Gasteiger partial charge in [0.1, 0.15) is 0 Å². The Morgan fingerprint density at radius 2 is 2.25 bits per heavy atom. The Kier molecular flexibility index (Phi) is 6.11. The molecule has 0 saturated carbocycles. The van der Waals surface area contributed by atoms with Crippen molar-refractivity contribution >= 4 is 0 Å². The van der Waals surface area contributed by atoms with Crippen molar-refractivity contribution in [2.75, 3.05) is 19.8 Å². The molecule has 0 aliphatic carbocycles. The maximum absolute atomic E-state index is 5.61. The van der Waals surface area contributed by atoms with Crippen LogP contribution in [0.15, 0.2) is 12.4 Å². The first-order valence-electron chi connectivity index (χ1n) is 6.07. The normalized spacial score (nSPS) is 12.9. The Balaban J connectivity index is 2.49. The number of nitrogens with zero attached hydrogens (tertiary/aromatic N) is 2. The second-order valence-corrected chi connectivity index (χ2v) is 4.03. The van der Waals surface area contributed by atoms with Gasteiger partial charge in [0.25, 0.3) is 0 Å². The van der Waals surface area contributed by atoms with E-state index in [4.69, 9.17) is 4.74 Å². The molecule has 0 amide bonds. The van der Waals surface area contributed by atoms with Crippen LogP contribution in [0.3, 0.4) is 0 Å². The molecule has 0 fully saturated rings. The van der Waals surface area contributed by atoms with Gasteiger partial charge >= 0.3 is 0 Å². The monoisotopic (exact) mass is 225 g/mol. The zero-order valence-electron chi connectivity index (χ0n) is 10.6. The maximum Gasteiger partial charge on any atom is 0.0662 e. The number of aryl methyl sites for hydroxylation is 1. The van der Waals surface area contributed by atoms with E-state index >= 15 is 0 Å². The highest BCUT2D eigenvalue weighted by atomic mass is 16.5. The van der Waals surface area contributed by atoms with E-state index in [1.807, 2.05) is 24.1 Å². The van der Waals surface area contributed by atoms with E-state index in [2.05, 4.69) is 24.3 Å². The van der Waals surface area contributed by atoms with E-state index in [1.165, 1.54) is 5.56 Å². The summed E-state index contributed by atoms with van der Waals surface area (Å²) in [5.41, 5.74) is 1.20. The van der Waals surface area contributed by atoms with Gasteiger partial charge in [0.2, 0.25) is 0 Å². The minimum Gasteiger partial charge on any atom is -0.379 e. The fraction of sp³-hybridized carbons (Fsp3) is 0.750. The summed E-state index contributed by atoms with van der Waals surface area (Å²) in [7, 11) is 1.94. The SMILES string of the molecule is CCCNC(COCCC)c1cnn(C)c1. The second-order valence-electron chi connectivity index (χ2n) is 4.03. The van der Waals surface area contributed by atoms with Crippen molar-refractivity contribution in [2.24, 2.45) is 7.05 Å². The van der Waals surface area contributed by atoms with Crippen molar-refractivity contribution in [3.05, 3.63) is 18.0 Å². The number of nitrogens with one attached hydrogen (secondary N) is 1. The van der Waals surface area contributed by atoms with Gasteiger partial charge < -0.3 is 10.1 Å². The highest BCUT2D eigenvalue weighted by molar-refractivity contribution is 5.10. The minimum atomic E-state index is 0.264. The summed E-state index contributed by atoms with van der Waals surface area (Å²) < 4.78 is 7.44. The Bertz CT molecular complexity index is 286. The third kappa shape index (κ3) is 4.33. The molecule has 1 heterocycles. The van der Waals surface area contributed by atoms with Crippen LogP contribution in [0, 0.1) is 0 Å². The van der Waals surface area contributed by atoms with Crippen LogP contribution in [0.25, 0.3) is 0 Å². The lowest BCUT2D eigenvalue weighted by Crippen LogP contribution is -2.26. The van der Waals surface area contributed by atoms with Crippen molar-refractivity contribution in [3.63, 3.8) is 0 Å². The average Bonchev–Trinajstić information content (AvgIpc) is 2.70. The molecular formula is C12H23N3O. The zero-order chi connectivity index (χ0) is 11.8. The van der Waals surface area contributed by atoms with Gasteiger partial charge in [0.05, 0.1) is 18.8 Å². The molecule has 16 heavy (non-hydrogen) atoms. The van der Waals surface area contributed by atoms with Crippen LogP contribution in [0.4, 0.5) is 0 Å². The summed E-state index contributed by atoms with van der Waals surface area (Å²) >= 11 is 0. The molecule has 4 nitrogen and oxygen atoms in total. The summed E-state index contributed by atoms with van der Waals surface area (Å²) in [5.74, 6) is 0. The first kappa shape index (κ1) is 13.2. The topological polar surface area (TPSA) is 39.1 Å². The molecule has 0 aliphatic rings. The minimum absolute atomic E-state index is 0.264. The van der Waals surface area contributed by atoms with Crippen LogP contribution in [-0.4, -0.2) is 29.5 Å². The van der Waals surface area contributed by atoms with E-state index in [9.17, 15) is 0 Å². The van der Waals surface area contributed by atoms with Crippen LogP contribution < -0.4 is 5.32 Å². The molecule has 4 heteroatoms. The van der Waals surface area contributed by atoms with Gasteiger partial charge in [0, 0.05) is 25.4 Å². The Morgan fingerprint density at radius 3 is 2.81 bits per heavy atom. The maximum atomic E-state index is 5.61. The molecule has 0 bridgehead atoms. The van der Waals surface area contributed by atoms with Crippen LogP contribution >= 0.6 is 0 Å². The van der Waals surface area contributed by atoms with Gasteiger partial charge in [-0.2, -0.15) is 5.10 Å². The van der Waals surface area contributed by atoms with Crippen molar-refractivity contribution in [1.29, 1.82) is 0 Å². The highest BCUT2D eigenvalue weighted by Gasteiger charge is 2.12. The lowest BCUT2D eigenvalue weighted by Gasteiger charge is -2.16. The fourth-order valence-corrected chi connectivity index (χ4v) is 1.56. The summed E-state index contributed by atoms with van der Waals surface area (Å²) in [5, 5.41) is 7.67. The Hall–Kier alpha value is -0.870. The van der Waals surface area contributed by atoms with Crippen molar-refractivity contribution in [2.45, 2.75) is 32.7 Å². The van der Waals surface area contributed by atoms with Crippen molar-refractivity contribution in [3.8, 4) is 0 Å².